The number of nitrogen functional groups attached to an aromatic ring is 1. The predicted octanol–water partition coefficient (Wildman–Crippen LogP) is 1.67. The summed E-state index contributed by atoms with van der Waals surface area (Å²) in [6.45, 7) is 2.39. The Morgan fingerprint density at radius 3 is 2.71 bits per heavy atom. The molecule has 0 unspecified atom stereocenters. The molecule has 96 valence electrons. The summed E-state index contributed by atoms with van der Waals surface area (Å²) in [5, 5.41) is 2.67. The van der Waals surface area contributed by atoms with Gasteiger partial charge in [-0.05, 0) is 25.1 Å². The van der Waals surface area contributed by atoms with Crippen LogP contribution in [0.3, 0.4) is 0 Å². The largest absolute Gasteiger partial charge is 0.495 e. The van der Waals surface area contributed by atoms with Gasteiger partial charge in [0, 0.05) is 12.3 Å². The lowest BCUT2D eigenvalue weighted by molar-refractivity contribution is -0.120. The second-order valence-corrected chi connectivity index (χ2v) is 3.14. The monoisotopic (exact) mass is 260 g/mol. The van der Waals surface area contributed by atoms with Gasteiger partial charge in [-0.2, -0.15) is 0 Å². The van der Waals surface area contributed by atoms with Gasteiger partial charge in [-0.3, -0.25) is 4.79 Å². The first kappa shape index (κ1) is 15.5. The quantitative estimate of drug-likeness (QED) is 0.790. The van der Waals surface area contributed by atoms with Gasteiger partial charge in [-0.1, -0.05) is 0 Å². The van der Waals surface area contributed by atoms with Crippen molar-refractivity contribution in [2.24, 2.45) is 0 Å². The molecule has 5 nitrogen and oxygen atoms in total. The number of nitrogens with one attached hydrogen (secondary N) is 1. The molecule has 0 fully saturated rings. The first-order valence-electron chi connectivity index (χ1n) is 4.98. The highest BCUT2D eigenvalue weighted by atomic mass is 35.5. The van der Waals surface area contributed by atoms with Crippen molar-refractivity contribution < 1.29 is 14.3 Å². The molecule has 17 heavy (non-hydrogen) atoms. The number of hydrogen-bond acceptors (Lipinski definition) is 4. The highest BCUT2D eigenvalue weighted by Crippen LogP contribution is 2.24. The van der Waals surface area contributed by atoms with Crippen LogP contribution < -0.4 is 15.8 Å². The number of methoxy groups -OCH3 is 1. The van der Waals surface area contributed by atoms with Gasteiger partial charge < -0.3 is 20.5 Å². The molecule has 0 aliphatic rings. The van der Waals surface area contributed by atoms with Crippen molar-refractivity contribution in [1.29, 1.82) is 0 Å². The normalized spacial score (nSPS) is 9.29. The van der Waals surface area contributed by atoms with Gasteiger partial charge in [0.2, 0.25) is 5.91 Å². The summed E-state index contributed by atoms with van der Waals surface area (Å²) >= 11 is 0. The minimum absolute atomic E-state index is 0. The second-order valence-electron chi connectivity index (χ2n) is 3.14. The Kier molecular flexibility index (Phi) is 7.09. The molecule has 0 radical (unpaired) electrons. The second kappa shape index (κ2) is 7.76. The third-order valence-electron chi connectivity index (χ3n) is 1.95. The third-order valence-corrected chi connectivity index (χ3v) is 1.95. The van der Waals surface area contributed by atoms with Gasteiger partial charge in [0.15, 0.2) is 0 Å². The Labute approximate surface area is 107 Å². The van der Waals surface area contributed by atoms with Gasteiger partial charge in [0.1, 0.15) is 12.4 Å². The molecule has 1 aromatic carbocycles. The Balaban J connectivity index is 0.00000256. The molecule has 0 spiro atoms. The van der Waals surface area contributed by atoms with Crippen molar-refractivity contribution in [3.8, 4) is 5.75 Å². The van der Waals surface area contributed by atoms with E-state index in [1.807, 2.05) is 6.92 Å². The molecule has 0 aliphatic heterocycles. The number of ether oxygens (including phenoxy) is 2. The molecule has 1 amide bonds. The highest BCUT2D eigenvalue weighted by Gasteiger charge is 2.04. The average molecular weight is 261 g/mol. The number of rotatable bonds is 5. The van der Waals surface area contributed by atoms with Crippen molar-refractivity contribution in [2.45, 2.75) is 6.92 Å². The Hall–Kier alpha value is -1.46. The van der Waals surface area contributed by atoms with Crippen LogP contribution in [0.5, 0.6) is 5.75 Å². The summed E-state index contributed by atoms with van der Waals surface area (Å²) < 4.78 is 9.98. The van der Waals surface area contributed by atoms with Crippen LogP contribution in [0.15, 0.2) is 18.2 Å². The summed E-state index contributed by atoms with van der Waals surface area (Å²) in [5.41, 5.74) is 6.81. The van der Waals surface area contributed by atoms with E-state index < -0.39 is 0 Å². The van der Waals surface area contributed by atoms with E-state index in [0.717, 1.165) is 0 Å². The van der Waals surface area contributed by atoms with Crippen molar-refractivity contribution in [2.75, 3.05) is 31.4 Å². The fourth-order valence-corrected chi connectivity index (χ4v) is 1.20. The topological polar surface area (TPSA) is 73.6 Å². The zero-order valence-corrected chi connectivity index (χ0v) is 10.7. The lowest BCUT2D eigenvalue weighted by atomic mass is 10.2. The predicted molar refractivity (Wildman–Crippen MR) is 69.8 cm³/mol. The van der Waals surface area contributed by atoms with Crippen molar-refractivity contribution in [1.82, 2.24) is 0 Å². The van der Waals surface area contributed by atoms with Gasteiger partial charge in [-0.15, -0.1) is 12.4 Å². The van der Waals surface area contributed by atoms with Gasteiger partial charge >= 0.3 is 0 Å². The SMILES string of the molecule is CCOCC(=O)Nc1ccc(OC)c(N)c1.Cl. The van der Waals surface area contributed by atoms with Crippen LogP contribution >= 0.6 is 12.4 Å². The summed E-state index contributed by atoms with van der Waals surface area (Å²) in [7, 11) is 1.54. The Morgan fingerprint density at radius 1 is 1.47 bits per heavy atom. The fourth-order valence-electron chi connectivity index (χ4n) is 1.20. The number of carbonyl (C=O) groups is 1. The zero-order valence-electron chi connectivity index (χ0n) is 9.86. The van der Waals surface area contributed by atoms with Crippen molar-refractivity contribution in [3.05, 3.63) is 18.2 Å². The Morgan fingerprint density at radius 2 is 2.18 bits per heavy atom. The molecule has 0 saturated carbocycles. The molecule has 0 atom stereocenters. The molecule has 0 aromatic heterocycles. The smallest absolute Gasteiger partial charge is 0.250 e. The molecule has 3 N–H and O–H groups in total. The van der Waals surface area contributed by atoms with Crippen molar-refractivity contribution >= 4 is 29.7 Å². The molecule has 0 saturated heterocycles. The highest BCUT2D eigenvalue weighted by molar-refractivity contribution is 5.92. The summed E-state index contributed by atoms with van der Waals surface area (Å²) in [6, 6.07) is 5.06. The summed E-state index contributed by atoms with van der Waals surface area (Å²) in [6.07, 6.45) is 0. The summed E-state index contributed by atoms with van der Waals surface area (Å²) in [5.74, 6) is 0.384. The maximum absolute atomic E-state index is 11.3. The molecule has 1 aromatic rings. The first-order chi connectivity index (χ1) is 7.67. The number of carbonyl (C=O) groups excluding carboxylic acids is 1. The number of halogens is 1. The Bertz CT molecular complexity index is 372. The molecule has 6 heteroatoms. The standard InChI is InChI=1S/C11H16N2O3.ClH/c1-3-16-7-11(14)13-8-4-5-10(15-2)9(12)6-8;/h4-6H,3,7,12H2,1-2H3,(H,13,14);1H. The molecule has 1 rings (SSSR count). The summed E-state index contributed by atoms with van der Waals surface area (Å²) in [4.78, 5) is 11.3. The van der Waals surface area contributed by atoms with E-state index in [1.165, 1.54) is 0 Å². The maximum Gasteiger partial charge on any atom is 0.250 e. The lowest BCUT2D eigenvalue weighted by Crippen LogP contribution is -2.18. The van der Waals surface area contributed by atoms with E-state index in [2.05, 4.69) is 5.32 Å². The van der Waals surface area contributed by atoms with E-state index in [0.29, 0.717) is 23.7 Å². The van der Waals surface area contributed by atoms with Crippen LogP contribution in [0.1, 0.15) is 6.92 Å². The van der Waals surface area contributed by atoms with E-state index in [9.17, 15) is 4.79 Å². The number of anilines is 2. The van der Waals surface area contributed by atoms with E-state index in [4.69, 9.17) is 15.2 Å². The maximum atomic E-state index is 11.3. The minimum Gasteiger partial charge on any atom is -0.495 e. The molecule has 0 heterocycles. The van der Waals surface area contributed by atoms with Crippen molar-refractivity contribution in [3.63, 3.8) is 0 Å². The van der Waals surface area contributed by atoms with Gasteiger partial charge in [0.05, 0.1) is 12.8 Å². The van der Waals surface area contributed by atoms with Crippen LogP contribution in [-0.2, 0) is 9.53 Å². The van der Waals surface area contributed by atoms with Crippen LogP contribution in [-0.4, -0.2) is 26.2 Å². The van der Waals surface area contributed by atoms with E-state index in [-0.39, 0.29) is 24.9 Å². The molecule has 0 aliphatic carbocycles. The fraction of sp³-hybridized carbons (Fsp3) is 0.364. The average Bonchev–Trinajstić information content (AvgIpc) is 2.26. The van der Waals surface area contributed by atoms with Gasteiger partial charge in [-0.25, -0.2) is 0 Å². The van der Waals surface area contributed by atoms with E-state index >= 15 is 0 Å². The van der Waals surface area contributed by atoms with Crippen LogP contribution in [0.4, 0.5) is 11.4 Å². The minimum atomic E-state index is -0.202. The number of hydrogen-bond donors (Lipinski definition) is 2. The van der Waals surface area contributed by atoms with Gasteiger partial charge in [0.25, 0.3) is 0 Å². The van der Waals surface area contributed by atoms with Crippen LogP contribution in [0, 0.1) is 0 Å². The van der Waals surface area contributed by atoms with E-state index in [1.54, 1.807) is 25.3 Å². The molecular formula is C11H17ClN2O3. The molecule has 0 bridgehead atoms. The first-order valence-corrected chi connectivity index (χ1v) is 4.98. The van der Waals surface area contributed by atoms with Crippen LogP contribution in [0.2, 0.25) is 0 Å². The number of amides is 1. The number of benzene rings is 1. The molecular weight excluding hydrogens is 244 g/mol. The number of nitrogens with two attached hydrogens (primary N) is 1. The zero-order chi connectivity index (χ0) is 12.0. The van der Waals surface area contributed by atoms with Crippen LogP contribution in [0.25, 0.3) is 0 Å². The lowest BCUT2D eigenvalue weighted by Gasteiger charge is -2.08. The third kappa shape index (κ3) is 4.93.